The van der Waals surface area contributed by atoms with Crippen LogP contribution in [0.3, 0.4) is 0 Å². The molecule has 2 rings (SSSR count). The summed E-state index contributed by atoms with van der Waals surface area (Å²) in [4.78, 5) is 23.8. The second-order valence-electron chi connectivity index (χ2n) is 4.56. The highest BCUT2D eigenvalue weighted by Gasteiger charge is 2.15. The number of halogens is 1. The molecule has 0 aliphatic rings. The van der Waals surface area contributed by atoms with Crippen molar-refractivity contribution in [3.8, 4) is 5.75 Å². The molecule has 0 atom stereocenters. The number of amides is 1. The molecule has 2 aromatic carbocycles. The molecule has 6 heteroatoms. The van der Waals surface area contributed by atoms with Crippen LogP contribution in [-0.2, 0) is 9.53 Å². The monoisotopic (exact) mass is 333 g/mol. The quantitative estimate of drug-likeness (QED) is 0.821. The van der Waals surface area contributed by atoms with Crippen LogP contribution >= 0.6 is 11.6 Å². The van der Waals surface area contributed by atoms with Crippen LogP contribution in [0.15, 0.2) is 48.5 Å². The van der Waals surface area contributed by atoms with Gasteiger partial charge in [-0.1, -0.05) is 23.7 Å². The first-order valence-corrected chi connectivity index (χ1v) is 7.42. The van der Waals surface area contributed by atoms with Crippen molar-refractivity contribution in [1.29, 1.82) is 0 Å². The van der Waals surface area contributed by atoms with Crippen LogP contribution in [0, 0.1) is 0 Å². The van der Waals surface area contributed by atoms with Gasteiger partial charge in [-0.3, -0.25) is 4.79 Å². The molecule has 23 heavy (non-hydrogen) atoms. The van der Waals surface area contributed by atoms with Crippen LogP contribution in [-0.4, -0.2) is 25.1 Å². The Balaban J connectivity index is 1.91. The number of carbonyl (C=O) groups is 2. The van der Waals surface area contributed by atoms with Gasteiger partial charge in [0.15, 0.2) is 6.61 Å². The number of benzene rings is 2. The van der Waals surface area contributed by atoms with Gasteiger partial charge in [0, 0.05) is 10.7 Å². The van der Waals surface area contributed by atoms with E-state index in [0.29, 0.717) is 23.1 Å². The van der Waals surface area contributed by atoms with E-state index in [9.17, 15) is 9.59 Å². The average Bonchev–Trinajstić information content (AvgIpc) is 2.56. The van der Waals surface area contributed by atoms with E-state index in [2.05, 4.69) is 5.32 Å². The predicted molar refractivity (Wildman–Crippen MR) is 88.0 cm³/mol. The van der Waals surface area contributed by atoms with E-state index < -0.39 is 11.9 Å². The van der Waals surface area contributed by atoms with Crippen LogP contribution in [0.4, 0.5) is 5.69 Å². The highest BCUT2D eigenvalue weighted by atomic mass is 35.5. The van der Waals surface area contributed by atoms with Gasteiger partial charge in [0.1, 0.15) is 11.3 Å². The first-order chi connectivity index (χ1) is 11.1. The van der Waals surface area contributed by atoms with E-state index >= 15 is 0 Å². The molecular weight excluding hydrogens is 318 g/mol. The molecule has 0 bridgehead atoms. The first kappa shape index (κ1) is 16.8. The molecule has 0 aliphatic heterocycles. The largest absolute Gasteiger partial charge is 0.493 e. The molecule has 0 aromatic heterocycles. The van der Waals surface area contributed by atoms with Gasteiger partial charge in [-0.05, 0) is 43.3 Å². The van der Waals surface area contributed by atoms with Crippen molar-refractivity contribution in [2.24, 2.45) is 0 Å². The van der Waals surface area contributed by atoms with Gasteiger partial charge in [-0.2, -0.15) is 0 Å². The number of esters is 1. The molecule has 0 saturated heterocycles. The van der Waals surface area contributed by atoms with E-state index in [1.807, 2.05) is 6.92 Å². The lowest BCUT2D eigenvalue weighted by atomic mass is 10.2. The minimum atomic E-state index is -0.611. The summed E-state index contributed by atoms with van der Waals surface area (Å²) < 4.78 is 10.4. The summed E-state index contributed by atoms with van der Waals surface area (Å²) in [7, 11) is 0. The highest BCUT2D eigenvalue weighted by molar-refractivity contribution is 6.30. The minimum Gasteiger partial charge on any atom is -0.493 e. The third-order valence-electron chi connectivity index (χ3n) is 2.87. The normalized spacial score (nSPS) is 10.0. The number of nitrogens with one attached hydrogen (secondary N) is 1. The number of carbonyl (C=O) groups excluding carboxylic acids is 2. The standard InChI is InChI=1S/C17H16ClNO4/c1-2-22-15-6-4-3-5-14(15)17(21)23-11-16(20)19-13-9-7-12(18)8-10-13/h3-10H,2,11H2,1H3,(H,19,20). The Hall–Kier alpha value is -2.53. The fourth-order valence-corrected chi connectivity index (χ4v) is 1.98. The van der Waals surface area contributed by atoms with Crippen molar-refractivity contribution in [3.63, 3.8) is 0 Å². The highest BCUT2D eigenvalue weighted by Crippen LogP contribution is 2.19. The molecule has 0 saturated carbocycles. The van der Waals surface area contributed by atoms with Crippen LogP contribution in [0.2, 0.25) is 5.02 Å². The Labute approximate surface area is 139 Å². The van der Waals surface area contributed by atoms with E-state index in [0.717, 1.165) is 0 Å². The molecule has 0 spiro atoms. The summed E-state index contributed by atoms with van der Waals surface area (Å²) >= 11 is 5.77. The summed E-state index contributed by atoms with van der Waals surface area (Å²) in [5.74, 6) is -0.618. The molecule has 0 unspecified atom stereocenters. The topological polar surface area (TPSA) is 64.6 Å². The molecular formula is C17H16ClNO4. The van der Waals surface area contributed by atoms with Crippen molar-refractivity contribution >= 4 is 29.2 Å². The van der Waals surface area contributed by atoms with Gasteiger partial charge in [-0.15, -0.1) is 0 Å². The van der Waals surface area contributed by atoms with Gasteiger partial charge < -0.3 is 14.8 Å². The van der Waals surface area contributed by atoms with Gasteiger partial charge in [0.2, 0.25) is 0 Å². The number of anilines is 1. The zero-order valence-corrected chi connectivity index (χ0v) is 13.3. The summed E-state index contributed by atoms with van der Waals surface area (Å²) in [5.41, 5.74) is 0.860. The molecule has 1 amide bonds. The minimum absolute atomic E-state index is 0.286. The summed E-state index contributed by atoms with van der Waals surface area (Å²) in [6.45, 7) is 1.87. The van der Waals surface area contributed by atoms with Crippen molar-refractivity contribution in [2.45, 2.75) is 6.92 Å². The molecule has 1 N–H and O–H groups in total. The lowest BCUT2D eigenvalue weighted by Crippen LogP contribution is -2.21. The van der Waals surface area contributed by atoms with Gasteiger partial charge in [-0.25, -0.2) is 4.79 Å². The Morgan fingerprint density at radius 2 is 1.78 bits per heavy atom. The van der Waals surface area contributed by atoms with Crippen molar-refractivity contribution in [2.75, 3.05) is 18.5 Å². The predicted octanol–water partition coefficient (Wildman–Crippen LogP) is 3.53. The number of hydrogen-bond acceptors (Lipinski definition) is 4. The fourth-order valence-electron chi connectivity index (χ4n) is 1.86. The van der Waals surface area contributed by atoms with Crippen molar-refractivity contribution in [1.82, 2.24) is 0 Å². The molecule has 0 fully saturated rings. The van der Waals surface area contributed by atoms with Crippen molar-refractivity contribution < 1.29 is 19.1 Å². The maximum absolute atomic E-state index is 12.0. The van der Waals surface area contributed by atoms with E-state index in [1.54, 1.807) is 48.5 Å². The third kappa shape index (κ3) is 5.00. The Bertz CT molecular complexity index is 685. The van der Waals surface area contributed by atoms with Crippen LogP contribution in [0.5, 0.6) is 5.75 Å². The van der Waals surface area contributed by atoms with Crippen LogP contribution < -0.4 is 10.1 Å². The Kier molecular flexibility index (Phi) is 6.00. The lowest BCUT2D eigenvalue weighted by Gasteiger charge is -2.10. The maximum atomic E-state index is 12.0. The van der Waals surface area contributed by atoms with Gasteiger partial charge >= 0.3 is 5.97 Å². The molecule has 2 aromatic rings. The molecule has 0 aliphatic carbocycles. The van der Waals surface area contributed by atoms with E-state index in [1.165, 1.54) is 0 Å². The average molecular weight is 334 g/mol. The zero-order chi connectivity index (χ0) is 16.7. The number of hydrogen-bond donors (Lipinski definition) is 1. The summed E-state index contributed by atoms with van der Waals surface area (Å²) in [6.07, 6.45) is 0. The second-order valence-corrected chi connectivity index (χ2v) is 5.00. The van der Waals surface area contributed by atoms with Gasteiger partial charge in [0.25, 0.3) is 5.91 Å². The third-order valence-corrected chi connectivity index (χ3v) is 3.12. The molecule has 0 radical (unpaired) electrons. The Morgan fingerprint density at radius 3 is 2.48 bits per heavy atom. The summed E-state index contributed by atoms with van der Waals surface area (Å²) in [6, 6.07) is 13.3. The number of rotatable bonds is 6. The molecule has 0 heterocycles. The SMILES string of the molecule is CCOc1ccccc1C(=O)OCC(=O)Nc1ccc(Cl)cc1. The zero-order valence-electron chi connectivity index (χ0n) is 12.5. The molecule has 5 nitrogen and oxygen atoms in total. The smallest absolute Gasteiger partial charge is 0.342 e. The number of para-hydroxylation sites is 1. The van der Waals surface area contributed by atoms with E-state index in [4.69, 9.17) is 21.1 Å². The maximum Gasteiger partial charge on any atom is 0.342 e. The fraction of sp³-hybridized carbons (Fsp3) is 0.176. The van der Waals surface area contributed by atoms with Crippen LogP contribution in [0.25, 0.3) is 0 Å². The van der Waals surface area contributed by atoms with Gasteiger partial charge in [0.05, 0.1) is 6.61 Å². The molecule has 120 valence electrons. The first-order valence-electron chi connectivity index (χ1n) is 7.04. The second kappa shape index (κ2) is 8.19. The summed E-state index contributed by atoms with van der Waals surface area (Å²) in [5, 5.41) is 3.18. The number of ether oxygens (including phenoxy) is 2. The van der Waals surface area contributed by atoms with E-state index in [-0.39, 0.29) is 12.2 Å². The van der Waals surface area contributed by atoms with Crippen molar-refractivity contribution in [3.05, 3.63) is 59.1 Å². The van der Waals surface area contributed by atoms with Crippen LogP contribution in [0.1, 0.15) is 17.3 Å². The Morgan fingerprint density at radius 1 is 1.09 bits per heavy atom. The lowest BCUT2D eigenvalue weighted by molar-refractivity contribution is -0.119.